The van der Waals surface area contributed by atoms with E-state index in [4.69, 9.17) is 24.7 Å². The molecule has 6 aromatic heterocycles. The van der Waals surface area contributed by atoms with Gasteiger partial charge in [-0.05, 0) is 89.9 Å². The van der Waals surface area contributed by atoms with Crippen molar-refractivity contribution in [1.82, 2.24) is 58.1 Å². The molecule has 2 fully saturated rings. The fourth-order valence-electron chi connectivity index (χ4n) is 10.6. The summed E-state index contributed by atoms with van der Waals surface area (Å²) < 4.78 is 83.8. The van der Waals surface area contributed by atoms with Crippen LogP contribution in [0.1, 0.15) is 96.3 Å². The number of nitrogens with two attached hydrogens (primary N) is 1. The zero-order valence-corrected chi connectivity index (χ0v) is 54.5. The summed E-state index contributed by atoms with van der Waals surface area (Å²) in [4.78, 5) is 89.2. The van der Waals surface area contributed by atoms with Gasteiger partial charge < -0.3 is 29.8 Å². The Morgan fingerprint density at radius 1 is 0.648 bits per heavy atom. The number of aryl methyl sites for hydroxylation is 2. The molecule has 30 heteroatoms. The number of carbonyl (C=O) groups is 2. The molecule has 2 atom stereocenters. The fourth-order valence-corrected chi connectivity index (χ4v) is 13.0. The normalized spacial score (nSPS) is 14.9. The standard InChI is InChI=1S/C31H38F2N6O5S.C27H30F2N6O6S.C3H9N/c1-18(2)13-25(40)31(4,5)38-27(41)26-19(3)28(39-34-9-10-35-39)45-29(26)37(30(38)42)17-24(44-12-11-36-15-21(33)16-36)22-14-20(32)7-8-23(22)43-6;1-15-21-22(36)34(27(2,3)25(37)38)26(39)33(24(21)42-23(15)35-30-7-8-31-35)14-20(41-10-9-32-12-17(29)13-32)18-11-16(28)5-6-19(18)40-4;1-3(2)4/h7-10,14,18,21,24H,11-13,15-17H2,1-6H3;5-8,11,17,20H,9-10,12-14H2,1-4H3,(H,37,38);3H,4H2,1-2H3/t24-;20-;/m00./s1. The van der Waals surface area contributed by atoms with Gasteiger partial charge in [0.15, 0.2) is 5.78 Å². The van der Waals surface area contributed by atoms with Crippen molar-refractivity contribution in [2.75, 3.05) is 66.7 Å². The zero-order chi connectivity index (χ0) is 66.6. The number of aliphatic carboxylic acids is 1. The van der Waals surface area contributed by atoms with Crippen LogP contribution in [-0.2, 0) is 43.2 Å². The fraction of sp³-hybridized carbons (Fsp3) is 0.508. The second-order valence-electron chi connectivity index (χ2n) is 24.0. The third-order valence-corrected chi connectivity index (χ3v) is 18.1. The third kappa shape index (κ3) is 15.0. The van der Waals surface area contributed by atoms with Gasteiger partial charge in [0, 0.05) is 67.9 Å². The monoisotopic (exact) mass is 1310 g/mol. The highest BCUT2D eigenvalue weighted by atomic mass is 32.1. The maximum atomic E-state index is 14.6. The quantitative estimate of drug-likeness (QED) is 0.0584. The van der Waals surface area contributed by atoms with Crippen LogP contribution in [0.5, 0.6) is 11.5 Å². The zero-order valence-electron chi connectivity index (χ0n) is 52.8. The predicted octanol–water partition coefficient (Wildman–Crippen LogP) is 6.87. The molecule has 2 aliphatic heterocycles. The first kappa shape index (κ1) is 69.2. The van der Waals surface area contributed by atoms with Crippen LogP contribution < -0.4 is 37.7 Å². The predicted molar refractivity (Wildman–Crippen MR) is 336 cm³/mol. The number of fused-ring (bicyclic) bond motifs is 2. The Bertz CT molecular complexity index is 4130. The number of rotatable bonds is 24. The van der Waals surface area contributed by atoms with E-state index in [9.17, 15) is 51.4 Å². The Labute approximate surface area is 528 Å². The number of methoxy groups -OCH3 is 2. The molecule has 8 heterocycles. The maximum absolute atomic E-state index is 14.6. The molecule has 0 saturated carbocycles. The van der Waals surface area contributed by atoms with Crippen molar-refractivity contribution in [3.8, 4) is 21.5 Å². The first-order valence-electron chi connectivity index (χ1n) is 29.5. The van der Waals surface area contributed by atoms with Crippen LogP contribution in [0.25, 0.3) is 30.4 Å². The smallest absolute Gasteiger partial charge is 0.333 e. The molecule has 0 spiro atoms. The SMILES string of the molecule is CC(C)N.COc1ccc(F)cc1[C@H](Cn1c(=O)n(C(C)(C)C(=O)CC(C)C)c(=O)c2c(C)c(-n3nccn3)sc21)OCCN1CC(F)C1.COc1ccc(F)cc1[C@H](Cn1c(=O)n(C(C)(C)C(=O)O)c(=O)c2c(C)c(-n3nccn3)sc21)OCCN1CC(F)C1. The van der Waals surface area contributed by atoms with Gasteiger partial charge in [0.2, 0.25) is 0 Å². The minimum Gasteiger partial charge on any atom is -0.496 e. The molecule has 0 bridgehead atoms. The second kappa shape index (κ2) is 28.8. The first-order chi connectivity index (χ1) is 43.0. The van der Waals surface area contributed by atoms with E-state index >= 15 is 0 Å². The number of aromatic nitrogens is 10. The van der Waals surface area contributed by atoms with Gasteiger partial charge in [0.05, 0.1) is 76.1 Å². The minimum absolute atomic E-state index is 0.0103. The lowest BCUT2D eigenvalue weighted by atomic mass is 9.91. The van der Waals surface area contributed by atoms with E-state index in [0.29, 0.717) is 85.4 Å². The molecular weight excluding hydrogens is 1230 g/mol. The lowest BCUT2D eigenvalue weighted by Crippen LogP contribution is -2.53. The lowest BCUT2D eigenvalue weighted by Gasteiger charge is -2.34. The minimum atomic E-state index is -1.91. The number of likely N-dealkylation sites (tertiary alicyclic amines) is 2. The van der Waals surface area contributed by atoms with Crippen molar-refractivity contribution >= 4 is 54.9 Å². The number of carbonyl (C=O) groups excluding carboxylic acids is 1. The number of ether oxygens (including phenoxy) is 4. The number of hydrogen-bond donors (Lipinski definition) is 2. The number of carboxylic acid groups (broad SMARTS) is 1. The number of carboxylic acids is 1. The van der Waals surface area contributed by atoms with Crippen molar-refractivity contribution in [2.45, 2.75) is 130 Å². The lowest BCUT2D eigenvalue weighted by molar-refractivity contribution is -0.146. The number of thiophene rings is 2. The molecule has 0 radical (unpaired) electrons. The summed E-state index contributed by atoms with van der Waals surface area (Å²) in [5.41, 5.74) is 0.447. The average molecular weight is 1310 g/mol. The summed E-state index contributed by atoms with van der Waals surface area (Å²) in [6.07, 6.45) is 2.47. The Morgan fingerprint density at radius 2 is 1.01 bits per heavy atom. The van der Waals surface area contributed by atoms with Crippen molar-refractivity contribution in [3.63, 3.8) is 0 Å². The summed E-state index contributed by atoms with van der Waals surface area (Å²) in [5, 5.41) is 28.1. The number of hydrogen-bond acceptors (Lipinski definition) is 19. The Balaban J connectivity index is 0.000000222. The van der Waals surface area contributed by atoms with Gasteiger partial charge >= 0.3 is 17.3 Å². The van der Waals surface area contributed by atoms with Crippen molar-refractivity contribution in [3.05, 3.63) is 137 Å². The van der Waals surface area contributed by atoms with Crippen LogP contribution in [0.2, 0.25) is 0 Å². The van der Waals surface area contributed by atoms with E-state index in [1.807, 2.05) is 37.5 Å². The maximum Gasteiger partial charge on any atom is 0.333 e. The topological polar surface area (TPSA) is 273 Å². The highest BCUT2D eigenvalue weighted by Crippen LogP contribution is 2.37. The van der Waals surface area contributed by atoms with Gasteiger partial charge in [-0.2, -0.15) is 20.4 Å². The van der Waals surface area contributed by atoms with Crippen LogP contribution in [0, 0.1) is 31.4 Å². The highest BCUT2D eigenvalue weighted by Gasteiger charge is 2.39. The average Bonchev–Trinajstić information content (AvgIpc) is 1.67. The number of nitrogens with zero attached hydrogens (tertiary/aromatic N) is 12. The van der Waals surface area contributed by atoms with Crippen LogP contribution >= 0.6 is 22.7 Å². The van der Waals surface area contributed by atoms with Gasteiger partial charge in [-0.15, -0.1) is 9.59 Å². The molecule has 24 nitrogen and oxygen atoms in total. The third-order valence-electron chi connectivity index (χ3n) is 15.5. The molecule has 492 valence electrons. The highest BCUT2D eigenvalue weighted by molar-refractivity contribution is 7.21. The first-order valence-corrected chi connectivity index (χ1v) is 31.1. The summed E-state index contributed by atoms with van der Waals surface area (Å²) >= 11 is 2.24. The van der Waals surface area contributed by atoms with E-state index in [1.54, 1.807) is 27.7 Å². The molecule has 91 heavy (non-hydrogen) atoms. The van der Waals surface area contributed by atoms with Crippen LogP contribution in [0.3, 0.4) is 0 Å². The number of halogens is 4. The van der Waals surface area contributed by atoms with E-state index < -0.39 is 75.7 Å². The number of ketones is 1. The largest absolute Gasteiger partial charge is 0.496 e. The van der Waals surface area contributed by atoms with Crippen LogP contribution in [0.4, 0.5) is 17.6 Å². The molecule has 10 rings (SSSR count). The number of benzene rings is 2. The Kier molecular flexibility index (Phi) is 21.9. The molecule has 8 aromatic rings. The molecular formula is C61H77F4N13O11S2. The van der Waals surface area contributed by atoms with Crippen LogP contribution in [-0.4, -0.2) is 160 Å². The summed E-state index contributed by atoms with van der Waals surface area (Å²) in [7, 11) is 2.87. The van der Waals surface area contributed by atoms with Gasteiger partial charge in [-0.3, -0.25) is 33.3 Å². The van der Waals surface area contributed by atoms with Crippen LogP contribution in [0.15, 0.2) is 80.4 Å². The molecule has 2 aromatic carbocycles. The van der Waals surface area contributed by atoms with Gasteiger partial charge in [0.1, 0.15) is 78.4 Å². The van der Waals surface area contributed by atoms with Crippen molar-refractivity contribution in [2.24, 2.45) is 11.7 Å². The molecule has 3 N–H and O–H groups in total. The second-order valence-corrected chi connectivity index (χ2v) is 26.0. The molecule has 0 unspecified atom stereocenters. The van der Waals surface area contributed by atoms with Crippen molar-refractivity contribution in [1.29, 1.82) is 0 Å². The Hall–Kier alpha value is -7.74. The van der Waals surface area contributed by atoms with Gasteiger partial charge in [-0.25, -0.2) is 41.1 Å². The van der Waals surface area contributed by atoms with E-state index in [1.165, 1.54) is 108 Å². The summed E-state index contributed by atoms with van der Waals surface area (Å²) in [5.74, 6) is -2.06. The van der Waals surface area contributed by atoms with Gasteiger partial charge in [-0.1, -0.05) is 50.4 Å². The number of alkyl halides is 2. The van der Waals surface area contributed by atoms with Crippen molar-refractivity contribution < 1.29 is 51.2 Å². The molecule has 2 saturated heterocycles. The number of Topliss-reactive ketones (excluding diaryl/α,β-unsaturated/α-hetero) is 1. The summed E-state index contributed by atoms with van der Waals surface area (Å²) in [6.45, 7) is 18.7. The van der Waals surface area contributed by atoms with E-state index in [2.05, 4.69) is 20.4 Å². The Morgan fingerprint density at radius 3 is 1.34 bits per heavy atom. The van der Waals surface area contributed by atoms with E-state index in [0.717, 1.165) is 27.2 Å². The molecule has 0 amide bonds. The van der Waals surface area contributed by atoms with Gasteiger partial charge in [0.25, 0.3) is 11.1 Å². The van der Waals surface area contributed by atoms with E-state index in [-0.39, 0.29) is 73.1 Å². The molecule has 2 aliphatic rings. The summed E-state index contributed by atoms with van der Waals surface area (Å²) in [6, 6.07) is 8.27. The molecule has 0 aliphatic carbocycles.